The molecule has 3 atom stereocenters. The molecule has 6 heteroatoms. The molecule has 3 saturated heterocycles. The first-order chi connectivity index (χ1) is 14.7. The monoisotopic (exact) mass is 408 g/mol. The molecule has 6 nitrogen and oxygen atoms in total. The Labute approximate surface area is 179 Å². The van der Waals surface area contributed by atoms with Gasteiger partial charge in [0.1, 0.15) is 0 Å². The van der Waals surface area contributed by atoms with Crippen LogP contribution in [0.3, 0.4) is 0 Å². The Morgan fingerprint density at radius 2 is 1.97 bits per heavy atom. The maximum Gasteiger partial charge on any atom is 0.228 e. The second-order valence-electron chi connectivity index (χ2n) is 9.60. The van der Waals surface area contributed by atoms with E-state index in [9.17, 15) is 10.1 Å². The molecule has 0 bridgehead atoms. The lowest BCUT2D eigenvalue weighted by Gasteiger charge is -2.57. The number of hydrogen-bond acceptors (Lipinski definition) is 5. The third-order valence-electron chi connectivity index (χ3n) is 7.60. The highest BCUT2D eigenvalue weighted by Gasteiger charge is 2.51. The van der Waals surface area contributed by atoms with Crippen LogP contribution in [0.1, 0.15) is 43.6 Å². The van der Waals surface area contributed by atoms with Gasteiger partial charge in [-0.25, -0.2) is 0 Å². The van der Waals surface area contributed by atoms with Gasteiger partial charge >= 0.3 is 0 Å². The highest BCUT2D eigenvalue weighted by Crippen LogP contribution is 2.42. The van der Waals surface area contributed by atoms with Gasteiger partial charge < -0.3 is 15.0 Å². The first-order valence-electron chi connectivity index (χ1n) is 11.5. The van der Waals surface area contributed by atoms with Crippen LogP contribution in [0.25, 0.3) is 0 Å². The predicted molar refractivity (Wildman–Crippen MR) is 114 cm³/mol. The maximum atomic E-state index is 12.7. The van der Waals surface area contributed by atoms with E-state index in [2.05, 4.69) is 46.6 Å². The number of piperidine rings is 1. The highest BCUT2D eigenvalue weighted by atomic mass is 16.5. The van der Waals surface area contributed by atoms with Crippen molar-refractivity contribution in [3.8, 4) is 6.07 Å². The zero-order chi connectivity index (χ0) is 20.6. The number of hydrogen-bond donors (Lipinski definition) is 1. The lowest BCUT2D eigenvalue weighted by atomic mass is 9.82. The summed E-state index contributed by atoms with van der Waals surface area (Å²) in [6.07, 6.45) is 4.83. The molecule has 1 aromatic carbocycles. The number of nitrogens with one attached hydrogen (secondary N) is 1. The molecule has 160 valence electrons. The van der Waals surface area contributed by atoms with Crippen molar-refractivity contribution in [2.45, 2.75) is 55.6 Å². The lowest BCUT2D eigenvalue weighted by molar-refractivity contribution is -0.151. The number of likely N-dealkylation sites (tertiary alicyclic amines) is 2. The first-order valence-corrected chi connectivity index (χ1v) is 11.5. The molecule has 30 heavy (non-hydrogen) atoms. The minimum atomic E-state index is -0.138. The minimum Gasteiger partial charge on any atom is -0.381 e. The summed E-state index contributed by atoms with van der Waals surface area (Å²) in [6, 6.07) is 14.4. The van der Waals surface area contributed by atoms with Crippen LogP contribution in [-0.2, 0) is 9.53 Å². The van der Waals surface area contributed by atoms with E-state index in [-0.39, 0.29) is 17.4 Å². The van der Waals surface area contributed by atoms with Crippen LogP contribution in [-0.4, -0.2) is 72.7 Å². The molecule has 1 aliphatic carbocycles. The standard InChI is InChI=1S/C24H32N4O2/c25-10-9-24(16-27(17-24)23(29)19-8-13-30-15-19)28-11-6-20(7-12-28)26-22-14-21(22)18-4-2-1-3-5-18/h1-5,19-22,26H,6-9,11-17H2/t19-,21+,22-/m1/s1. The average Bonchev–Trinajstić information content (AvgIpc) is 3.29. The summed E-state index contributed by atoms with van der Waals surface area (Å²) in [4.78, 5) is 17.1. The summed E-state index contributed by atoms with van der Waals surface area (Å²) >= 11 is 0. The predicted octanol–water partition coefficient (Wildman–Crippen LogP) is 2.13. The molecule has 4 fully saturated rings. The topological polar surface area (TPSA) is 68.6 Å². The Kier molecular flexibility index (Phi) is 5.53. The summed E-state index contributed by atoms with van der Waals surface area (Å²) in [7, 11) is 0. The van der Waals surface area contributed by atoms with Gasteiger partial charge in [0.2, 0.25) is 5.91 Å². The Morgan fingerprint density at radius 1 is 1.20 bits per heavy atom. The third kappa shape index (κ3) is 3.87. The van der Waals surface area contributed by atoms with E-state index in [4.69, 9.17) is 4.74 Å². The molecular formula is C24H32N4O2. The van der Waals surface area contributed by atoms with Gasteiger partial charge in [-0.15, -0.1) is 0 Å². The van der Waals surface area contributed by atoms with Crippen LogP contribution in [0.2, 0.25) is 0 Å². The van der Waals surface area contributed by atoms with Crippen molar-refractivity contribution >= 4 is 5.91 Å². The number of ether oxygens (including phenoxy) is 1. The Morgan fingerprint density at radius 3 is 2.63 bits per heavy atom. The van der Waals surface area contributed by atoms with E-state index in [1.165, 1.54) is 12.0 Å². The van der Waals surface area contributed by atoms with Gasteiger partial charge in [0.25, 0.3) is 0 Å². The Balaban J connectivity index is 1.11. The van der Waals surface area contributed by atoms with Crippen LogP contribution in [0.5, 0.6) is 0 Å². The lowest BCUT2D eigenvalue weighted by Crippen LogP contribution is -2.72. The molecule has 0 unspecified atom stereocenters. The van der Waals surface area contributed by atoms with Crippen LogP contribution in [0, 0.1) is 17.2 Å². The van der Waals surface area contributed by atoms with Crippen LogP contribution < -0.4 is 5.32 Å². The quantitative estimate of drug-likeness (QED) is 0.781. The molecule has 1 saturated carbocycles. The molecule has 1 aromatic rings. The van der Waals surface area contributed by atoms with Crippen LogP contribution in [0.15, 0.2) is 30.3 Å². The van der Waals surface area contributed by atoms with Gasteiger partial charge in [-0.1, -0.05) is 30.3 Å². The van der Waals surface area contributed by atoms with E-state index in [1.807, 2.05) is 4.90 Å². The smallest absolute Gasteiger partial charge is 0.228 e. The third-order valence-corrected chi connectivity index (χ3v) is 7.60. The zero-order valence-corrected chi connectivity index (χ0v) is 17.6. The summed E-state index contributed by atoms with van der Waals surface area (Å²) in [5, 5.41) is 13.3. The molecule has 0 spiro atoms. The molecule has 0 radical (unpaired) electrons. The molecule has 0 aromatic heterocycles. The second kappa shape index (κ2) is 8.30. The minimum absolute atomic E-state index is 0.0242. The zero-order valence-electron chi connectivity index (χ0n) is 17.6. The van der Waals surface area contributed by atoms with E-state index in [1.54, 1.807) is 0 Å². The van der Waals surface area contributed by atoms with Crippen molar-refractivity contribution in [3.63, 3.8) is 0 Å². The van der Waals surface area contributed by atoms with Gasteiger partial charge in [-0.05, 0) is 31.2 Å². The van der Waals surface area contributed by atoms with E-state index in [0.29, 0.717) is 50.7 Å². The van der Waals surface area contributed by atoms with Crippen LogP contribution in [0.4, 0.5) is 0 Å². The van der Waals surface area contributed by atoms with Gasteiger partial charge in [-0.2, -0.15) is 5.26 Å². The summed E-state index contributed by atoms with van der Waals surface area (Å²) in [5.41, 5.74) is 1.31. The summed E-state index contributed by atoms with van der Waals surface area (Å²) in [6.45, 7) is 4.68. The Bertz CT molecular complexity index is 787. The summed E-state index contributed by atoms with van der Waals surface area (Å²) < 4.78 is 5.38. The van der Waals surface area contributed by atoms with E-state index in [0.717, 1.165) is 32.4 Å². The fourth-order valence-corrected chi connectivity index (χ4v) is 5.65. The van der Waals surface area contributed by atoms with E-state index < -0.39 is 0 Å². The fourth-order valence-electron chi connectivity index (χ4n) is 5.65. The average molecular weight is 409 g/mol. The maximum absolute atomic E-state index is 12.7. The normalized spacial score (nSPS) is 31.2. The molecule has 5 rings (SSSR count). The summed E-state index contributed by atoms with van der Waals surface area (Å²) in [5.74, 6) is 0.911. The molecule has 1 N–H and O–H groups in total. The Hall–Kier alpha value is -1.94. The molecule has 3 aliphatic heterocycles. The largest absolute Gasteiger partial charge is 0.381 e. The molecule has 1 amide bonds. The van der Waals surface area contributed by atoms with Crippen LogP contribution >= 0.6 is 0 Å². The van der Waals surface area contributed by atoms with Gasteiger partial charge in [0.05, 0.1) is 30.6 Å². The number of nitriles is 1. The fraction of sp³-hybridized carbons (Fsp3) is 0.667. The second-order valence-corrected chi connectivity index (χ2v) is 9.60. The van der Waals surface area contributed by atoms with Gasteiger partial charge in [0, 0.05) is 50.8 Å². The van der Waals surface area contributed by atoms with Crippen molar-refractivity contribution in [3.05, 3.63) is 35.9 Å². The van der Waals surface area contributed by atoms with Crippen molar-refractivity contribution < 1.29 is 9.53 Å². The number of rotatable bonds is 6. The highest BCUT2D eigenvalue weighted by molar-refractivity contribution is 5.80. The molecule has 3 heterocycles. The first kappa shape index (κ1) is 20.0. The SMILES string of the molecule is N#CCC1(N2CCC(N[C@@H]3C[C@H]3c3ccccc3)CC2)CN(C(=O)[C@@H]2CCOC2)C1. The van der Waals surface area contributed by atoms with Crippen molar-refractivity contribution in [2.24, 2.45) is 5.92 Å². The number of amides is 1. The number of benzene rings is 1. The van der Waals surface area contributed by atoms with Crippen molar-refractivity contribution in [1.29, 1.82) is 5.26 Å². The number of carbonyl (C=O) groups is 1. The van der Waals surface area contributed by atoms with Crippen molar-refractivity contribution in [1.82, 2.24) is 15.1 Å². The van der Waals surface area contributed by atoms with Crippen molar-refractivity contribution in [2.75, 3.05) is 39.4 Å². The van der Waals surface area contributed by atoms with Gasteiger partial charge in [0.15, 0.2) is 0 Å². The number of carbonyl (C=O) groups excluding carboxylic acids is 1. The molecular weight excluding hydrogens is 376 g/mol. The number of nitrogens with zero attached hydrogens (tertiary/aromatic N) is 3. The molecule has 4 aliphatic rings. The van der Waals surface area contributed by atoms with E-state index >= 15 is 0 Å². The van der Waals surface area contributed by atoms with Gasteiger partial charge in [-0.3, -0.25) is 9.69 Å².